The van der Waals surface area contributed by atoms with Gasteiger partial charge in [-0.25, -0.2) is 4.98 Å². The summed E-state index contributed by atoms with van der Waals surface area (Å²) < 4.78 is 11.9. The highest BCUT2D eigenvalue weighted by Crippen LogP contribution is 2.24. The van der Waals surface area contributed by atoms with Crippen molar-refractivity contribution < 1.29 is 14.1 Å². The van der Waals surface area contributed by atoms with E-state index in [2.05, 4.69) is 10.3 Å². The van der Waals surface area contributed by atoms with Gasteiger partial charge in [-0.3, -0.25) is 9.59 Å². The molecule has 0 aliphatic carbocycles. The van der Waals surface area contributed by atoms with E-state index in [4.69, 9.17) is 20.9 Å². The van der Waals surface area contributed by atoms with Gasteiger partial charge in [-0.15, -0.1) is 16.3 Å². The summed E-state index contributed by atoms with van der Waals surface area (Å²) >= 11 is 7.55. The first-order valence-corrected chi connectivity index (χ1v) is 10.7. The minimum absolute atomic E-state index is 0.141. The molecule has 0 fully saturated rings. The Labute approximate surface area is 187 Å². The molecule has 4 aromatic rings. The summed E-state index contributed by atoms with van der Waals surface area (Å²) in [7, 11) is 0. The molecule has 0 unspecified atom stereocenters. The molecule has 2 aromatic heterocycles. The highest BCUT2D eigenvalue weighted by atomic mass is 35.5. The molecule has 0 atom stereocenters. The van der Waals surface area contributed by atoms with Crippen LogP contribution in [0.25, 0.3) is 5.65 Å². The zero-order valence-corrected chi connectivity index (χ0v) is 18.1. The smallest absolute Gasteiger partial charge is 0.287 e. The maximum Gasteiger partial charge on any atom is 0.287 e. The van der Waals surface area contributed by atoms with E-state index >= 15 is 0 Å². The number of carbonyl (C=O) groups excluding carboxylic acids is 1. The van der Waals surface area contributed by atoms with Crippen molar-refractivity contribution in [2.75, 3.05) is 11.9 Å². The van der Waals surface area contributed by atoms with Crippen LogP contribution in [0.5, 0.6) is 5.75 Å². The lowest BCUT2D eigenvalue weighted by molar-refractivity contribution is -0.118. The number of aryl methyl sites for hydroxylation is 1. The monoisotopic (exact) mass is 455 g/mol. The molecule has 0 radical (unpaired) electrons. The second-order valence-corrected chi connectivity index (χ2v) is 8.12. The van der Waals surface area contributed by atoms with Crippen LogP contribution in [0.3, 0.4) is 0 Å². The summed E-state index contributed by atoms with van der Waals surface area (Å²) in [5.41, 5.74) is 1.58. The fourth-order valence-corrected chi connectivity index (χ4v) is 3.82. The van der Waals surface area contributed by atoms with E-state index in [-0.39, 0.29) is 18.1 Å². The Hall–Kier alpha value is -3.23. The van der Waals surface area contributed by atoms with Crippen molar-refractivity contribution in [1.82, 2.24) is 9.56 Å². The Kier molecular flexibility index (Phi) is 6.29. The predicted molar refractivity (Wildman–Crippen MR) is 120 cm³/mol. The number of aromatic nitrogens is 2. The van der Waals surface area contributed by atoms with Crippen LogP contribution in [0.2, 0.25) is 5.02 Å². The number of halogens is 1. The molecular formula is C22H18ClN3O4S. The average molecular weight is 456 g/mol. The Morgan fingerprint density at radius 3 is 2.74 bits per heavy atom. The van der Waals surface area contributed by atoms with Gasteiger partial charge in [0.15, 0.2) is 12.3 Å². The molecule has 0 bridgehead atoms. The Balaban J connectivity index is 1.31. The van der Waals surface area contributed by atoms with Crippen molar-refractivity contribution in [2.45, 2.75) is 17.6 Å². The number of ether oxygens (including phenoxy) is 1. The fourth-order valence-electron chi connectivity index (χ4n) is 2.84. The van der Waals surface area contributed by atoms with Crippen molar-refractivity contribution >= 4 is 40.6 Å². The van der Waals surface area contributed by atoms with E-state index in [1.807, 2.05) is 12.1 Å². The molecule has 158 valence electrons. The van der Waals surface area contributed by atoms with Gasteiger partial charge >= 0.3 is 0 Å². The number of anilines is 1. The van der Waals surface area contributed by atoms with Gasteiger partial charge in [0, 0.05) is 28.5 Å². The summed E-state index contributed by atoms with van der Waals surface area (Å²) in [6, 6.07) is 17.6. The van der Waals surface area contributed by atoms with E-state index < -0.39 is 0 Å². The van der Waals surface area contributed by atoms with Crippen molar-refractivity contribution in [1.29, 1.82) is 0 Å². The number of hydrogen-bond donors (Lipinski definition) is 1. The second-order valence-electron chi connectivity index (χ2n) is 6.66. The molecule has 0 aliphatic heterocycles. The number of amides is 1. The maximum atomic E-state index is 12.1. The highest BCUT2D eigenvalue weighted by molar-refractivity contribution is 7.98. The number of carbonyl (C=O) groups is 1. The average Bonchev–Trinajstić information content (AvgIpc) is 3.13. The van der Waals surface area contributed by atoms with Crippen molar-refractivity contribution in [3.05, 3.63) is 87.5 Å². The number of rotatable bonds is 7. The van der Waals surface area contributed by atoms with E-state index in [1.165, 1.54) is 10.6 Å². The molecule has 4 rings (SSSR count). The molecular weight excluding hydrogens is 438 g/mol. The van der Waals surface area contributed by atoms with Crippen LogP contribution in [-0.4, -0.2) is 22.1 Å². The zero-order valence-electron chi connectivity index (χ0n) is 16.5. The van der Waals surface area contributed by atoms with E-state index in [0.717, 1.165) is 4.90 Å². The SMILES string of the molecule is Cc1cc2nc(CSc3ccc(NC(=O)COc4ccccc4Cl)cc3)cc(=O)n2o1. The third-order valence-electron chi connectivity index (χ3n) is 4.24. The maximum absolute atomic E-state index is 12.1. The van der Waals surface area contributed by atoms with Crippen LogP contribution in [0.15, 0.2) is 74.9 Å². The highest BCUT2D eigenvalue weighted by Gasteiger charge is 2.08. The topological polar surface area (TPSA) is 85.8 Å². The minimum Gasteiger partial charge on any atom is -0.482 e. The first-order chi connectivity index (χ1) is 15.0. The lowest BCUT2D eigenvalue weighted by Gasteiger charge is -2.09. The Morgan fingerprint density at radius 2 is 1.97 bits per heavy atom. The number of nitrogens with one attached hydrogen (secondary N) is 1. The summed E-state index contributed by atoms with van der Waals surface area (Å²) in [5, 5.41) is 3.23. The standard InChI is InChI=1S/C22H18ClN3O4S/c1-14-10-20-24-16(11-22(28)26(20)30-14)13-31-17-8-6-15(7-9-17)25-21(27)12-29-19-5-3-2-4-18(19)23/h2-11H,12-13H2,1H3,(H,25,27). The predicted octanol–water partition coefficient (Wildman–Crippen LogP) is 4.56. The quantitative estimate of drug-likeness (QED) is 0.411. The summed E-state index contributed by atoms with van der Waals surface area (Å²) in [4.78, 5) is 29.6. The normalized spacial score (nSPS) is 10.9. The van der Waals surface area contributed by atoms with E-state index in [0.29, 0.717) is 39.3 Å². The number of fused-ring (bicyclic) bond motifs is 1. The van der Waals surface area contributed by atoms with Crippen LogP contribution < -0.4 is 15.6 Å². The van der Waals surface area contributed by atoms with Crippen LogP contribution in [0.1, 0.15) is 11.5 Å². The Bertz CT molecular complexity index is 1280. The van der Waals surface area contributed by atoms with Crippen molar-refractivity contribution in [3.8, 4) is 5.75 Å². The molecule has 31 heavy (non-hydrogen) atoms. The van der Waals surface area contributed by atoms with E-state index in [1.54, 1.807) is 61.2 Å². The summed E-state index contributed by atoms with van der Waals surface area (Å²) in [6.07, 6.45) is 0. The van der Waals surface area contributed by atoms with Gasteiger partial charge in [-0.05, 0) is 43.3 Å². The van der Waals surface area contributed by atoms with Crippen LogP contribution >= 0.6 is 23.4 Å². The largest absolute Gasteiger partial charge is 0.482 e. The number of para-hydroxylation sites is 1. The second kappa shape index (κ2) is 9.28. The van der Waals surface area contributed by atoms with Crippen molar-refractivity contribution in [2.24, 2.45) is 0 Å². The van der Waals surface area contributed by atoms with E-state index in [9.17, 15) is 9.59 Å². The number of nitrogens with zero attached hydrogens (tertiary/aromatic N) is 2. The first-order valence-electron chi connectivity index (χ1n) is 9.37. The van der Waals surface area contributed by atoms with Gasteiger partial charge < -0.3 is 14.6 Å². The third kappa shape index (κ3) is 5.28. The molecule has 1 N–H and O–H groups in total. The van der Waals surface area contributed by atoms with Crippen LogP contribution in [0, 0.1) is 6.92 Å². The molecule has 1 amide bonds. The van der Waals surface area contributed by atoms with Gasteiger partial charge in [0.2, 0.25) is 0 Å². The molecule has 2 aromatic carbocycles. The fraction of sp³-hybridized carbons (Fsp3) is 0.136. The number of thioether (sulfide) groups is 1. The number of benzene rings is 2. The molecule has 0 spiro atoms. The summed E-state index contributed by atoms with van der Waals surface area (Å²) in [6.45, 7) is 1.63. The van der Waals surface area contributed by atoms with Crippen LogP contribution in [-0.2, 0) is 10.5 Å². The number of hydrogen-bond acceptors (Lipinski definition) is 6. The van der Waals surface area contributed by atoms with Crippen LogP contribution in [0.4, 0.5) is 5.69 Å². The zero-order chi connectivity index (χ0) is 21.8. The molecule has 9 heteroatoms. The molecule has 0 saturated heterocycles. The van der Waals surface area contributed by atoms with Gasteiger partial charge in [0.25, 0.3) is 11.5 Å². The Morgan fingerprint density at radius 1 is 1.19 bits per heavy atom. The van der Waals surface area contributed by atoms with Gasteiger partial charge in [-0.2, -0.15) is 0 Å². The summed E-state index contributed by atoms with van der Waals surface area (Å²) in [5.74, 6) is 1.34. The van der Waals surface area contributed by atoms with Gasteiger partial charge in [-0.1, -0.05) is 23.7 Å². The first kappa shape index (κ1) is 21.0. The van der Waals surface area contributed by atoms with Gasteiger partial charge in [0.05, 0.1) is 10.7 Å². The molecule has 0 aliphatic rings. The molecule has 0 saturated carbocycles. The van der Waals surface area contributed by atoms with Gasteiger partial charge in [0.1, 0.15) is 11.5 Å². The molecule has 2 heterocycles. The lowest BCUT2D eigenvalue weighted by atomic mass is 10.3. The van der Waals surface area contributed by atoms with Crippen molar-refractivity contribution in [3.63, 3.8) is 0 Å². The molecule has 7 nitrogen and oxygen atoms in total. The third-order valence-corrected chi connectivity index (χ3v) is 5.60. The lowest BCUT2D eigenvalue weighted by Crippen LogP contribution is -2.20. The minimum atomic E-state index is -0.284.